The van der Waals surface area contributed by atoms with Crippen molar-refractivity contribution >= 4 is 18.9 Å². The van der Waals surface area contributed by atoms with Gasteiger partial charge in [-0.2, -0.15) is 13.1 Å². The standard InChI is InChI=1S/C27H28F2O4S/c1-16-6-7-22(21-9-19-4-2-3-5-20(19)23(16)21)26-12-17-8-18(13-26)11-25(10-17,14-26)15-31-24(30)27(28,29)32-33-34/h2-7,17-18,34H,8-15H2,1H3. The van der Waals surface area contributed by atoms with Crippen molar-refractivity contribution < 1.29 is 27.5 Å². The number of benzene rings is 2. The Morgan fingerprint density at radius 2 is 1.85 bits per heavy atom. The molecule has 0 amide bonds. The number of alkyl halides is 2. The number of aryl methyl sites for hydroxylation is 1. The Balaban J connectivity index is 1.34. The Morgan fingerprint density at radius 1 is 1.12 bits per heavy atom. The fourth-order valence-corrected chi connectivity index (χ4v) is 8.34. The molecule has 2 aromatic carbocycles. The Kier molecular flexibility index (Phi) is 5.14. The molecule has 34 heavy (non-hydrogen) atoms. The molecular weight excluding hydrogens is 458 g/mol. The number of esters is 1. The minimum Gasteiger partial charge on any atom is -0.459 e. The zero-order valence-electron chi connectivity index (χ0n) is 19.1. The highest BCUT2D eigenvalue weighted by Gasteiger charge is 2.59. The van der Waals surface area contributed by atoms with Gasteiger partial charge < -0.3 is 4.74 Å². The second-order valence-electron chi connectivity index (χ2n) is 11.1. The Morgan fingerprint density at radius 3 is 2.59 bits per heavy atom. The van der Waals surface area contributed by atoms with Gasteiger partial charge in [-0.1, -0.05) is 36.4 Å². The average molecular weight is 487 g/mol. The lowest BCUT2D eigenvalue weighted by molar-refractivity contribution is -0.369. The number of ether oxygens (including phenoxy) is 1. The molecule has 7 rings (SSSR count). The number of halogens is 2. The Bertz CT molecular complexity index is 1150. The number of rotatable bonds is 6. The summed E-state index contributed by atoms with van der Waals surface area (Å²) in [6.45, 7) is 2.17. The number of hydrogen-bond acceptors (Lipinski definition) is 5. The van der Waals surface area contributed by atoms with Gasteiger partial charge in [0.1, 0.15) is 0 Å². The lowest BCUT2D eigenvalue weighted by atomic mass is 9.42. The molecule has 0 aliphatic heterocycles. The summed E-state index contributed by atoms with van der Waals surface area (Å²) in [4.78, 5) is 15.7. The zero-order chi connectivity index (χ0) is 23.7. The highest BCUT2D eigenvalue weighted by molar-refractivity contribution is 7.74. The van der Waals surface area contributed by atoms with Crippen molar-refractivity contribution in [2.45, 2.75) is 63.4 Å². The topological polar surface area (TPSA) is 44.8 Å². The molecule has 0 saturated heterocycles. The number of hydrogen-bond donors (Lipinski definition) is 1. The Hall–Kier alpha value is -1.96. The van der Waals surface area contributed by atoms with Crippen LogP contribution >= 0.6 is 12.9 Å². The van der Waals surface area contributed by atoms with E-state index in [2.05, 4.69) is 65.5 Å². The van der Waals surface area contributed by atoms with Gasteiger partial charge in [-0.05, 0) is 103 Å². The van der Waals surface area contributed by atoms with Crippen LogP contribution in [0.1, 0.15) is 60.8 Å². The quantitative estimate of drug-likeness (QED) is 0.145. The Labute approximate surface area is 203 Å². The predicted octanol–water partition coefficient (Wildman–Crippen LogP) is 6.33. The van der Waals surface area contributed by atoms with Crippen molar-refractivity contribution in [1.82, 2.24) is 0 Å². The first-order valence-corrected chi connectivity index (χ1v) is 12.4. The van der Waals surface area contributed by atoms with Crippen LogP contribution in [0.5, 0.6) is 0 Å². The molecule has 5 aliphatic rings. The van der Waals surface area contributed by atoms with Gasteiger partial charge in [-0.25, -0.2) is 4.79 Å². The third-order valence-corrected chi connectivity index (χ3v) is 8.89. The number of thiol groups is 1. The smallest absolute Gasteiger partial charge is 0.459 e. The molecule has 0 N–H and O–H groups in total. The highest BCUT2D eigenvalue weighted by atomic mass is 32.1. The summed E-state index contributed by atoms with van der Waals surface area (Å²) in [7, 11) is 0. The summed E-state index contributed by atoms with van der Waals surface area (Å²) in [5, 5.41) is 0. The van der Waals surface area contributed by atoms with E-state index in [1.54, 1.807) is 0 Å². The van der Waals surface area contributed by atoms with E-state index in [1.807, 2.05) is 0 Å². The molecule has 4 fully saturated rings. The van der Waals surface area contributed by atoms with Gasteiger partial charge in [0.15, 0.2) is 0 Å². The second kappa shape index (κ2) is 7.77. The molecule has 4 bridgehead atoms. The first-order chi connectivity index (χ1) is 16.2. The molecule has 180 valence electrons. The fourth-order valence-electron chi connectivity index (χ4n) is 8.25. The van der Waals surface area contributed by atoms with E-state index in [0.29, 0.717) is 11.8 Å². The first-order valence-electron chi connectivity index (χ1n) is 12.0. The van der Waals surface area contributed by atoms with Crippen molar-refractivity contribution in [3.05, 3.63) is 58.7 Å². The maximum Gasteiger partial charge on any atom is 0.483 e. The molecule has 2 aromatic rings. The van der Waals surface area contributed by atoms with Gasteiger partial charge >= 0.3 is 12.1 Å². The molecule has 7 heteroatoms. The second-order valence-corrected chi connectivity index (χ2v) is 11.3. The fraction of sp³-hybridized carbons (Fsp3) is 0.519. The van der Waals surface area contributed by atoms with Crippen LogP contribution < -0.4 is 0 Å². The van der Waals surface area contributed by atoms with Crippen LogP contribution in [0.25, 0.3) is 11.1 Å². The van der Waals surface area contributed by atoms with Crippen molar-refractivity contribution in [2.24, 2.45) is 17.3 Å². The molecule has 0 spiro atoms. The van der Waals surface area contributed by atoms with Crippen LogP contribution in [0.4, 0.5) is 8.78 Å². The van der Waals surface area contributed by atoms with Crippen LogP contribution in [0.15, 0.2) is 36.4 Å². The minimum atomic E-state index is -4.18. The molecule has 4 saturated carbocycles. The van der Waals surface area contributed by atoms with Gasteiger partial charge in [-0.3, -0.25) is 0 Å². The van der Waals surface area contributed by atoms with Gasteiger partial charge in [0, 0.05) is 18.3 Å². The largest absolute Gasteiger partial charge is 0.483 e. The van der Waals surface area contributed by atoms with Crippen LogP contribution in [0.2, 0.25) is 0 Å². The minimum absolute atomic E-state index is 0.00352. The third-order valence-electron chi connectivity index (χ3n) is 8.82. The summed E-state index contributed by atoms with van der Waals surface area (Å²) >= 11 is 3.15. The highest BCUT2D eigenvalue weighted by Crippen LogP contribution is 2.66. The van der Waals surface area contributed by atoms with Crippen molar-refractivity contribution in [1.29, 1.82) is 0 Å². The third kappa shape index (κ3) is 3.42. The van der Waals surface area contributed by atoms with Gasteiger partial charge in [-0.15, -0.1) is 4.89 Å². The van der Waals surface area contributed by atoms with Crippen molar-refractivity contribution in [3.8, 4) is 11.1 Å². The molecule has 2 atom stereocenters. The number of fused-ring (bicyclic) bond motifs is 3. The summed E-state index contributed by atoms with van der Waals surface area (Å²) in [5.41, 5.74) is 7.95. The molecular formula is C27H28F2O4S. The summed E-state index contributed by atoms with van der Waals surface area (Å²) in [5.74, 6) is -0.672. The summed E-state index contributed by atoms with van der Waals surface area (Å²) in [6, 6.07) is 13.2. The zero-order valence-corrected chi connectivity index (χ0v) is 20.0. The van der Waals surface area contributed by atoms with Gasteiger partial charge in [0.05, 0.1) is 6.61 Å². The first kappa shape index (κ1) is 22.5. The van der Waals surface area contributed by atoms with Gasteiger partial charge in [0.2, 0.25) is 0 Å². The lowest BCUT2D eigenvalue weighted by Gasteiger charge is -2.62. The molecule has 0 heterocycles. The van der Waals surface area contributed by atoms with E-state index >= 15 is 0 Å². The predicted molar refractivity (Wildman–Crippen MR) is 125 cm³/mol. The van der Waals surface area contributed by atoms with Crippen LogP contribution in [0, 0.1) is 24.2 Å². The molecule has 5 aliphatic carbocycles. The van der Waals surface area contributed by atoms with E-state index in [9.17, 15) is 13.6 Å². The molecule has 2 unspecified atom stereocenters. The molecule has 0 radical (unpaired) electrons. The normalized spacial score (nSPS) is 30.8. The molecule has 4 nitrogen and oxygen atoms in total. The molecule has 0 aromatic heterocycles. The van der Waals surface area contributed by atoms with Gasteiger partial charge in [0.25, 0.3) is 0 Å². The average Bonchev–Trinajstić information content (AvgIpc) is 3.17. The maximum atomic E-state index is 13.8. The number of carbonyl (C=O) groups is 1. The number of carbonyl (C=O) groups excluding carboxylic acids is 1. The summed E-state index contributed by atoms with van der Waals surface area (Å²) in [6.07, 6.45) is 2.89. The lowest BCUT2D eigenvalue weighted by Crippen LogP contribution is -2.56. The van der Waals surface area contributed by atoms with E-state index < -0.39 is 12.1 Å². The van der Waals surface area contributed by atoms with Crippen LogP contribution in [-0.4, -0.2) is 18.7 Å². The SMILES string of the molecule is Cc1ccc(C23CC4CC(CC(COC(=O)C(F)(F)OOS)(C4)C2)C3)c2c1-c1ccccc1C2. The van der Waals surface area contributed by atoms with Crippen LogP contribution in [0.3, 0.4) is 0 Å². The monoisotopic (exact) mass is 486 g/mol. The summed E-state index contributed by atoms with van der Waals surface area (Å²) < 4.78 is 36.4. The maximum absolute atomic E-state index is 13.8. The van der Waals surface area contributed by atoms with E-state index in [-0.39, 0.29) is 17.4 Å². The van der Waals surface area contributed by atoms with E-state index in [0.717, 1.165) is 38.5 Å². The van der Waals surface area contributed by atoms with Crippen molar-refractivity contribution in [3.63, 3.8) is 0 Å². The van der Waals surface area contributed by atoms with E-state index in [4.69, 9.17) is 4.74 Å². The van der Waals surface area contributed by atoms with Crippen molar-refractivity contribution in [2.75, 3.05) is 6.61 Å². The van der Waals surface area contributed by atoms with Crippen LogP contribution in [-0.2, 0) is 30.6 Å². The van der Waals surface area contributed by atoms with E-state index in [1.165, 1.54) is 39.8 Å².